The van der Waals surface area contributed by atoms with Crippen molar-refractivity contribution >= 4 is 23.4 Å². The third-order valence-electron chi connectivity index (χ3n) is 6.59. The third-order valence-corrected chi connectivity index (χ3v) is 6.84. The monoisotopic (exact) mass is 430 g/mol. The number of likely N-dealkylation sites (tertiary alicyclic amines) is 1. The average molecular weight is 431 g/mol. The summed E-state index contributed by atoms with van der Waals surface area (Å²) in [6, 6.07) is 7.58. The first kappa shape index (κ1) is 22.9. The number of allylic oxidation sites excluding steroid dienone is 1. The zero-order valence-corrected chi connectivity index (χ0v) is 19.1. The molecule has 2 aliphatic rings. The zero-order chi connectivity index (χ0) is 21.7. The molecule has 2 amide bonds. The summed E-state index contributed by atoms with van der Waals surface area (Å²) in [6.45, 7) is 9.55. The summed E-state index contributed by atoms with van der Waals surface area (Å²) in [4.78, 5) is 27.8. The van der Waals surface area contributed by atoms with Crippen LogP contribution in [0.15, 0.2) is 36.4 Å². The van der Waals surface area contributed by atoms with Gasteiger partial charge < -0.3 is 10.2 Å². The minimum atomic E-state index is -0.448. The second-order valence-electron chi connectivity index (χ2n) is 9.36. The molecule has 1 saturated heterocycles. The van der Waals surface area contributed by atoms with E-state index >= 15 is 0 Å². The van der Waals surface area contributed by atoms with Gasteiger partial charge in [-0.1, -0.05) is 49.7 Å². The van der Waals surface area contributed by atoms with E-state index in [4.69, 9.17) is 11.6 Å². The second-order valence-corrected chi connectivity index (χ2v) is 9.79. The highest BCUT2D eigenvalue weighted by molar-refractivity contribution is 6.30. The average Bonchev–Trinajstić information content (AvgIpc) is 2.72. The van der Waals surface area contributed by atoms with Crippen LogP contribution in [-0.2, 0) is 9.59 Å². The van der Waals surface area contributed by atoms with E-state index in [0.29, 0.717) is 18.3 Å². The van der Waals surface area contributed by atoms with Gasteiger partial charge in [0.05, 0.1) is 0 Å². The molecular formula is C25H35ClN2O2. The molecule has 0 bridgehead atoms. The molecule has 2 atom stereocenters. The van der Waals surface area contributed by atoms with Crippen molar-refractivity contribution in [3.8, 4) is 0 Å². The minimum Gasteiger partial charge on any atom is -0.344 e. The molecule has 1 saturated carbocycles. The first-order valence-electron chi connectivity index (χ1n) is 11.3. The molecule has 1 heterocycles. The fraction of sp³-hybridized carbons (Fsp3) is 0.600. The summed E-state index contributed by atoms with van der Waals surface area (Å²) in [5.74, 6) is 0.942. The van der Waals surface area contributed by atoms with E-state index in [9.17, 15) is 9.59 Å². The molecule has 0 radical (unpaired) electrons. The van der Waals surface area contributed by atoms with Crippen molar-refractivity contribution < 1.29 is 9.59 Å². The van der Waals surface area contributed by atoms with Crippen LogP contribution in [0.5, 0.6) is 0 Å². The lowest BCUT2D eigenvalue weighted by Gasteiger charge is -2.36. The number of piperidine rings is 1. The van der Waals surface area contributed by atoms with Crippen LogP contribution in [0.3, 0.4) is 0 Å². The van der Waals surface area contributed by atoms with Crippen LogP contribution in [0.25, 0.3) is 0 Å². The van der Waals surface area contributed by atoms with Crippen molar-refractivity contribution in [2.45, 2.75) is 70.8 Å². The number of carbonyl (C=O) groups is 2. The van der Waals surface area contributed by atoms with Crippen LogP contribution in [0.4, 0.5) is 0 Å². The molecule has 0 spiro atoms. The Morgan fingerprint density at radius 1 is 1.17 bits per heavy atom. The highest BCUT2D eigenvalue weighted by atomic mass is 35.5. The third kappa shape index (κ3) is 6.10. The summed E-state index contributed by atoms with van der Waals surface area (Å²) in [6.07, 6.45) is 6.58. The standard InChI is InChI=1S/C25H35ClN2O2/c1-17(2)24(27-23(29)16-19-6-4-5-18(3)15-19)25(30)28-13-11-21(12-14-28)20-7-9-22(26)10-8-20/h7-10,17,19,21,24H,3-6,11-16H2,1-2H3,(H,27,29)/t19?,24-/m1/s1. The molecule has 1 aromatic rings. The summed E-state index contributed by atoms with van der Waals surface area (Å²) in [5.41, 5.74) is 2.54. The van der Waals surface area contributed by atoms with E-state index < -0.39 is 6.04 Å². The number of amides is 2. The number of carbonyl (C=O) groups excluding carboxylic acids is 2. The number of rotatable bonds is 6. The smallest absolute Gasteiger partial charge is 0.245 e. The van der Waals surface area contributed by atoms with Crippen molar-refractivity contribution in [2.75, 3.05) is 13.1 Å². The van der Waals surface area contributed by atoms with Crippen LogP contribution >= 0.6 is 11.6 Å². The predicted molar refractivity (Wildman–Crippen MR) is 122 cm³/mol. The number of halogens is 1. The van der Waals surface area contributed by atoms with Gasteiger partial charge in [-0.3, -0.25) is 9.59 Å². The molecule has 4 nitrogen and oxygen atoms in total. The first-order chi connectivity index (χ1) is 14.3. The zero-order valence-electron chi connectivity index (χ0n) is 18.3. The number of hydrogen-bond acceptors (Lipinski definition) is 2. The normalized spacial score (nSPS) is 21.5. The number of hydrogen-bond donors (Lipinski definition) is 1. The molecule has 2 fully saturated rings. The summed E-state index contributed by atoms with van der Waals surface area (Å²) in [5, 5.41) is 3.80. The first-order valence-corrected chi connectivity index (χ1v) is 11.7. The van der Waals surface area contributed by atoms with Gasteiger partial charge in [0, 0.05) is 24.5 Å². The molecule has 1 aromatic carbocycles. The lowest BCUT2D eigenvalue weighted by molar-refractivity contribution is -0.138. The highest BCUT2D eigenvalue weighted by Gasteiger charge is 2.32. The van der Waals surface area contributed by atoms with Crippen LogP contribution in [0, 0.1) is 11.8 Å². The van der Waals surface area contributed by atoms with E-state index in [0.717, 1.165) is 56.6 Å². The van der Waals surface area contributed by atoms with E-state index in [1.165, 1.54) is 11.1 Å². The van der Waals surface area contributed by atoms with Gasteiger partial charge in [-0.25, -0.2) is 0 Å². The van der Waals surface area contributed by atoms with Gasteiger partial charge in [-0.15, -0.1) is 0 Å². The van der Waals surface area contributed by atoms with Gasteiger partial charge in [0.1, 0.15) is 6.04 Å². The maximum Gasteiger partial charge on any atom is 0.245 e. The molecule has 1 unspecified atom stereocenters. The van der Waals surface area contributed by atoms with E-state index in [1.807, 2.05) is 30.9 Å². The van der Waals surface area contributed by atoms with E-state index in [1.54, 1.807) is 0 Å². The molecule has 164 valence electrons. The Labute approximate surface area is 186 Å². The maximum atomic E-state index is 13.2. The molecule has 30 heavy (non-hydrogen) atoms. The van der Waals surface area contributed by atoms with Crippen molar-refractivity contribution in [1.82, 2.24) is 10.2 Å². The van der Waals surface area contributed by atoms with Crippen LogP contribution in [0.2, 0.25) is 5.02 Å². The topological polar surface area (TPSA) is 49.4 Å². The predicted octanol–water partition coefficient (Wildman–Crippen LogP) is 5.32. The summed E-state index contributed by atoms with van der Waals surface area (Å²) in [7, 11) is 0. The highest BCUT2D eigenvalue weighted by Crippen LogP contribution is 2.31. The fourth-order valence-electron chi connectivity index (χ4n) is 4.80. The Morgan fingerprint density at radius 3 is 2.43 bits per heavy atom. The Balaban J connectivity index is 1.53. The van der Waals surface area contributed by atoms with E-state index in [-0.39, 0.29) is 17.7 Å². The number of nitrogens with one attached hydrogen (secondary N) is 1. The van der Waals surface area contributed by atoms with Crippen molar-refractivity contribution in [1.29, 1.82) is 0 Å². The molecule has 1 aliphatic carbocycles. The molecule has 3 rings (SSSR count). The Morgan fingerprint density at radius 2 is 1.83 bits per heavy atom. The van der Waals surface area contributed by atoms with Crippen molar-refractivity contribution in [3.05, 3.63) is 47.0 Å². The molecular weight excluding hydrogens is 396 g/mol. The Hall–Kier alpha value is -1.81. The van der Waals surface area contributed by atoms with Crippen LogP contribution in [0.1, 0.15) is 70.3 Å². The van der Waals surface area contributed by atoms with Gasteiger partial charge in [-0.2, -0.15) is 0 Å². The van der Waals surface area contributed by atoms with Gasteiger partial charge in [-0.05, 0) is 74.0 Å². The molecule has 5 heteroatoms. The second kappa shape index (κ2) is 10.5. The minimum absolute atomic E-state index is 0.00204. The Bertz CT molecular complexity index is 751. The van der Waals surface area contributed by atoms with Gasteiger partial charge in [0.25, 0.3) is 0 Å². The summed E-state index contributed by atoms with van der Waals surface area (Å²) >= 11 is 6.00. The van der Waals surface area contributed by atoms with Crippen molar-refractivity contribution in [2.24, 2.45) is 11.8 Å². The molecule has 0 aromatic heterocycles. The van der Waals surface area contributed by atoms with Crippen molar-refractivity contribution in [3.63, 3.8) is 0 Å². The fourth-order valence-corrected chi connectivity index (χ4v) is 4.93. The molecule has 1 N–H and O–H groups in total. The van der Waals surface area contributed by atoms with Crippen LogP contribution < -0.4 is 5.32 Å². The molecule has 1 aliphatic heterocycles. The van der Waals surface area contributed by atoms with E-state index in [2.05, 4.69) is 24.0 Å². The van der Waals surface area contributed by atoms with Gasteiger partial charge in [0.15, 0.2) is 0 Å². The maximum absolute atomic E-state index is 13.2. The number of benzene rings is 1. The van der Waals surface area contributed by atoms with Crippen LogP contribution in [-0.4, -0.2) is 35.8 Å². The largest absolute Gasteiger partial charge is 0.344 e. The van der Waals surface area contributed by atoms with Gasteiger partial charge in [0.2, 0.25) is 11.8 Å². The lowest BCUT2D eigenvalue weighted by Crippen LogP contribution is -2.53. The summed E-state index contributed by atoms with van der Waals surface area (Å²) < 4.78 is 0. The quantitative estimate of drug-likeness (QED) is 0.620. The SMILES string of the molecule is C=C1CCCC(CC(=O)N[C@@H](C(=O)N2CCC(c3ccc(Cl)cc3)CC2)C(C)C)C1. The number of nitrogens with zero attached hydrogens (tertiary/aromatic N) is 1. The Kier molecular flexibility index (Phi) is 7.99. The van der Waals surface area contributed by atoms with Gasteiger partial charge >= 0.3 is 0 Å². The lowest BCUT2D eigenvalue weighted by atomic mass is 9.84.